The fourth-order valence-corrected chi connectivity index (χ4v) is 3.57. The van der Waals surface area contributed by atoms with Gasteiger partial charge in [0, 0.05) is 13.2 Å². The molecule has 2 heteroatoms. The van der Waals surface area contributed by atoms with E-state index in [4.69, 9.17) is 0 Å². The van der Waals surface area contributed by atoms with E-state index in [9.17, 15) is 5.11 Å². The van der Waals surface area contributed by atoms with Gasteiger partial charge in [0.25, 0.3) is 0 Å². The lowest BCUT2D eigenvalue weighted by Gasteiger charge is -2.34. The van der Waals surface area contributed by atoms with Gasteiger partial charge in [0.15, 0.2) is 0 Å². The van der Waals surface area contributed by atoms with E-state index in [-0.39, 0.29) is 6.61 Å². The van der Waals surface area contributed by atoms with Gasteiger partial charge in [-0.3, -0.25) is 0 Å². The molecule has 2 rings (SSSR count). The Balaban J connectivity index is 2.28. The maximum Gasteiger partial charge on any atom is 0.0436 e. The number of aliphatic hydroxyl groups is 1. The molecule has 1 aromatic carbocycles. The molecule has 2 nitrogen and oxygen atoms in total. The van der Waals surface area contributed by atoms with Crippen LogP contribution in [0.1, 0.15) is 37.8 Å². The molecular weight excluding hydrogens is 270 g/mol. The lowest BCUT2D eigenvalue weighted by molar-refractivity contribution is 0.237. The number of aliphatic hydroxyl groups excluding tert-OH is 1. The number of hydrogen-bond acceptors (Lipinski definition) is 2. The molecular formula is C20H29NO. The van der Waals surface area contributed by atoms with Crippen molar-refractivity contribution in [3.63, 3.8) is 0 Å². The molecule has 0 radical (unpaired) electrons. The highest BCUT2D eigenvalue weighted by atomic mass is 16.3. The standard InChI is InChI=1S/C20H29NO/c1-4-17-14-21-11-9-20(17)19(10-12-22)16(3)13-18-8-6-5-7-15(18)2/h4-8,13,19-22H,9-12,14H2,1-3H3/b16-13+,17-4-/t19?,20-/m1/s1. The Hall–Kier alpha value is -1.38. The quantitative estimate of drug-likeness (QED) is 0.807. The molecule has 0 spiro atoms. The minimum Gasteiger partial charge on any atom is -0.396 e. The highest BCUT2D eigenvalue weighted by molar-refractivity contribution is 5.56. The first-order chi connectivity index (χ1) is 10.7. The van der Waals surface area contributed by atoms with E-state index >= 15 is 0 Å². The second-order valence-electron chi connectivity index (χ2n) is 6.30. The summed E-state index contributed by atoms with van der Waals surface area (Å²) in [6, 6.07) is 8.50. The molecule has 1 aliphatic rings. The fourth-order valence-electron chi connectivity index (χ4n) is 3.57. The predicted octanol–water partition coefficient (Wildman–Crippen LogP) is 3.95. The first-order valence-electron chi connectivity index (χ1n) is 8.37. The number of rotatable bonds is 5. The van der Waals surface area contributed by atoms with E-state index in [1.54, 1.807) is 0 Å². The Morgan fingerprint density at radius 2 is 2.18 bits per heavy atom. The molecule has 0 amide bonds. The van der Waals surface area contributed by atoms with Crippen LogP contribution in [-0.2, 0) is 0 Å². The van der Waals surface area contributed by atoms with Crippen LogP contribution in [0.15, 0.2) is 41.5 Å². The Kier molecular flexibility index (Phi) is 6.41. The second-order valence-corrected chi connectivity index (χ2v) is 6.30. The third-order valence-corrected chi connectivity index (χ3v) is 4.89. The van der Waals surface area contributed by atoms with Crippen molar-refractivity contribution in [1.29, 1.82) is 0 Å². The second kappa shape index (κ2) is 8.30. The van der Waals surface area contributed by atoms with Gasteiger partial charge in [-0.2, -0.15) is 0 Å². The third kappa shape index (κ3) is 4.08. The fraction of sp³-hybridized carbons (Fsp3) is 0.500. The first-order valence-corrected chi connectivity index (χ1v) is 8.37. The van der Waals surface area contributed by atoms with Crippen LogP contribution >= 0.6 is 0 Å². The van der Waals surface area contributed by atoms with Crippen LogP contribution in [0.3, 0.4) is 0 Å². The molecule has 1 saturated heterocycles. The molecule has 0 saturated carbocycles. The van der Waals surface area contributed by atoms with Crippen molar-refractivity contribution < 1.29 is 5.11 Å². The van der Waals surface area contributed by atoms with Crippen molar-refractivity contribution in [1.82, 2.24) is 5.32 Å². The van der Waals surface area contributed by atoms with Gasteiger partial charge in [-0.25, -0.2) is 0 Å². The van der Waals surface area contributed by atoms with Crippen molar-refractivity contribution in [2.24, 2.45) is 11.8 Å². The summed E-state index contributed by atoms with van der Waals surface area (Å²) in [5.41, 5.74) is 5.47. The van der Waals surface area contributed by atoms with Gasteiger partial charge >= 0.3 is 0 Å². The molecule has 1 heterocycles. The van der Waals surface area contributed by atoms with Gasteiger partial charge < -0.3 is 10.4 Å². The number of allylic oxidation sites excluding steroid dienone is 2. The average molecular weight is 299 g/mol. The summed E-state index contributed by atoms with van der Waals surface area (Å²) in [7, 11) is 0. The van der Waals surface area contributed by atoms with Gasteiger partial charge in [-0.05, 0) is 63.1 Å². The third-order valence-electron chi connectivity index (χ3n) is 4.89. The number of nitrogens with one attached hydrogen (secondary N) is 1. The lowest BCUT2D eigenvalue weighted by atomic mass is 9.75. The van der Waals surface area contributed by atoms with Crippen molar-refractivity contribution in [2.45, 2.75) is 33.6 Å². The van der Waals surface area contributed by atoms with E-state index in [1.807, 2.05) is 0 Å². The van der Waals surface area contributed by atoms with Crippen LogP contribution in [0.4, 0.5) is 0 Å². The molecule has 0 aromatic heterocycles. The maximum atomic E-state index is 9.53. The normalized spacial score (nSPS) is 22.8. The molecule has 1 fully saturated rings. The van der Waals surface area contributed by atoms with Crippen LogP contribution < -0.4 is 5.32 Å². The number of aryl methyl sites for hydroxylation is 1. The topological polar surface area (TPSA) is 32.3 Å². The minimum atomic E-state index is 0.255. The molecule has 1 aromatic rings. The van der Waals surface area contributed by atoms with Gasteiger partial charge in [-0.1, -0.05) is 47.6 Å². The highest BCUT2D eigenvalue weighted by Gasteiger charge is 2.27. The van der Waals surface area contributed by atoms with Crippen LogP contribution in [0, 0.1) is 18.8 Å². The highest BCUT2D eigenvalue weighted by Crippen LogP contribution is 2.34. The van der Waals surface area contributed by atoms with Crippen molar-refractivity contribution in [2.75, 3.05) is 19.7 Å². The van der Waals surface area contributed by atoms with Crippen LogP contribution in [-0.4, -0.2) is 24.8 Å². The molecule has 1 unspecified atom stereocenters. The van der Waals surface area contributed by atoms with Crippen molar-refractivity contribution in [3.05, 3.63) is 52.6 Å². The summed E-state index contributed by atoms with van der Waals surface area (Å²) in [4.78, 5) is 0. The Morgan fingerprint density at radius 1 is 1.41 bits per heavy atom. The zero-order chi connectivity index (χ0) is 15.9. The van der Waals surface area contributed by atoms with Gasteiger partial charge in [-0.15, -0.1) is 0 Å². The summed E-state index contributed by atoms with van der Waals surface area (Å²) in [5.74, 6) is 0.983. The van der Waals surface area contributed by atoms with Crippen molar-refractivity contribution in [3.8, 4) is 0 Å². The zero-order valence-corrected chi connectivity index (χ0v) is 14.1. The lowest BCUT2D eigenvalue weighted by Crippen LogP contribution is -2.34. The molecule has 1 aliphatic heterocycles. The van der Waals surface area contributed by atoms with E-state index < -0.39 is 0 Å². The van der Waals surface area contributed by atoms with Crippen LogP contribution in [0.5, 0.6) is 0 Å². The Bertz CT molecular complexity index is 544. The number of piperidine rings is 1. The summed E-state index contributed by atoms with van der Waals surface area (Å²) < 4.78 is 0. The van der Waals surface area contributed by atoms with E-state index in [1.165, 1.54) is 22.3 Å². The largest absolute Gasteiger partial charge is 0.396 e. The molecule has 2 atom stereocenters. The first kappa shape index (κ1) is 17.0. The van der Waals surface area contributed by atoms with Gasteiger partial charge in [0.2, 0.25) is 0 Å². The zero-order valence-electron chi connectivity index (χ0n) is 14.1. The van der Waals surface area contributed by atoms with E-state index in [0.29, 0.717) is 11.8 Å². The minimum absolute atomic E-state index is 0.255. The molecule has 0 aliphatic carbocycles. The summed E-state index contributed by atoms with van der Waals surface area (Å²) in [6.07, 6.45) is 6.56. The van der Waals surface area contributed by atoms with Crippen LogP contribution in [0.25, 0.3) is 6.08 Å². The number of benzene rings is 1. The molecule has 2 N–H and O–H groups in total. The smallest absolute Gasteiger partial charge is 0.0436 e. The summed E-state index contributed by atoms with van der Waals surface area (Å²) in [6.45, 7) is 8.82. The van der Waals surface area contributed by atoms with Crippen molar-refractivity contribution >= 4 is 6.08 Å². The van der Waals surface area contributed by atoms with Gasteiger partial charge in [0.1, 0.15) is 0 Å². The van der Waals surface area contributed by atoms with E-state index in [0.717, 1.165) is 25.9 Å². The van der Waals surface area contributed by atoms with Crippen LogP contribution in [0.2, 0.25) is 0 Å². The molecule has 120 valence electrons. The predicted molar refractivity (Wildman–Crippen MR) is 94.8 cm³/mol. The SMILES string of the molecule is C/C=C1/CNCC[C@H]1C(CCO)/C(C)=C/c1ccccc1C. The summed E-state index contributed by atoms with van der Waals surface area (Å²) in [5, 5.41) is 13.0. The van der Waals surface area contributed by atoms with Gasteiger partial charge in [0.05, 0.1) is 0 Å². The molecule has 0 bridgehead atoms. The molecule has 22 heavy (non-hydrogen) atoms. The summed E-state index contributed by atoms with van der Waals surface area (Å²) >= 11 is 0. The Labute approximate surface area is 134 Å². The number of hydrogen-bond donors (Lipinski definition) is 2. The maximum absolute atomic E-state index is 9.53. The Morgan fingerprint density at radius 3 is 2.86 bits per heavy atom. The monoisotopic (exact) mass is 299 g/mol. The van der Waals surface area contributed by atoms with E-state index in [2.05, 4.69) is 62.5 Å². The average Bonchev–Trinajstić information content (AvgIpc) is 2.54.